The average molecular weight is 724 g/mol. The van der Waals surface area contributed by atoms with Crippen LogP contribution in [0.5, 0.6) is 11.8 Å². The average Bonchev–Trinajstić information content (AvgIpc) is 3.72. The second-order valence-corrected chi connectivity index (χ2v) is 13.9. The van der Waals surface area contributed by atoms with Gasteiger partial charge in [-0.3, -0.25) is 20.1 Å². The first-order valence-corrected chi connectivity index (χ1v) is 16.8. The van der Waals surface area contributed by atoms with Gasteiger partial charge in [-0.1, -0.05) is 12.0 Å². The zero-order valence-corrected chi connectivity index (χ0v) is 27.5. The predicted octanol–water partition coefficient (Wildman–Crippen LogP) is 5.53. The van der Waals surface area contributed by atoms with Crippen LogP contribution in [-0.4, -0.2) is 104 Å². The number of aromatic hydroxyl groups is 1. The molecule has 2 bridgehead atoms. The molecule has 0 aliphatic carbocycles. The first-order valence-electron chi connectivity index (χ1n) is 16.8. The summed E-state index contributed by atoms with van der Waals surface area (Å²) in [5, 5.41) is 18.6. The van der Waals surface area contributed by atoms with E-state index in [-0.39, 0.29) is 83.3 Å². The van der Waals surface area contributed by atoms with Gasteiger partial charge in [0.15, 0.2) is 5.82 Å². The molecule has 0 radical (unpaired) electrons. The van der Waals surface area contributed by atoms with Gasteiger partial charge in [0.25, 0.3) is 5.91 Å². The number of amides is 1. The van der Waals surface area contributed by atoms with Crippen molar-refractivity contribution in [1.29, 1.82) is 5.41 Å². The maximum atomic E-state index is 16.9. The number of aromatic nitrogens is 3. The summed E-state index contributed by atoms with van der Waals surface area (Å²) in [5.74, 6) is -0.909. The Kier molecular flexibility index (Phi) is 7.97. The van der Waals surface area contributed by atoms with Crippen molar-refractivity contribution in [3.05, 3.63) is 47.7 Å². The summed E-state index contributed by atoms with van der Waals surface area (Å²) in [6, 6.07) is 3.49. The fraction of sp³-hybridized carbons (Fsp3) is 0.417. The number of carbonyl (C=O) groups is 1. The Balaban J connectivity index is 1.23. The second kappa shape index (κ2) is 12.2. The van der Waals surface area contributed by atoms with Gasteiger partial charge in [-0.2, -0.15) is 23.1 Å². The molecular weight excluding hydrogens is 692 g/mol. The molecule has 4 aliphatic heterocycles. The molecule has 4 aromatic rings. The number of phenolic OH excluding ortho intramolecular Hbond substituents is 1. The van der Waals surface area contributed by atoms with Gasteiger partial charge in [0.2, 0.25) is 5.71 Å². The molecule has 3 unspecified atom stereocenters. The number of benzene rings is 2. The topological polar surface area (TPSA) is 119 Å². The summed E-state index contributed by atoms with van der Waals surface area (Å²) in [7, 11) is 0. The molecule has 52 heavy (non-hydrogen) atoms. The van der Waals surface area contributed by atoms with Crippen molar-refractivity contribution in [2.45, 2.75) is 62.1 Å². The Morgan fingerprint density at radius 3 is 2.60 bits per heavy atom. The lowest BCUT2D eigenvalue weighted by Crippen LogP contribution is -2.58. The zero-order valence-electron chi connectivity index (χ0n) is 27.5. The predicted molar refractivity (Wildman–Crippen MR) is 178 cm³/mol. The van der Waals surface area contributed by atoms with E-state index in [1.807, 2.05) is 4.90 Å². The Morgan fingerprint density at radius 1 is 1.13 bits per heavy atom. The van der Waals surface area contributed by atoms with Crippen LogP contribution in [0.1, 0.15) is 37.7 Å². The second-order valence-electron chi connectivity index (χ2n) is 13.9. The van der Waals surface area contributed by atoms with Crippen molar-refractivity contribution in [3.8, 4) is 35.4 Å². The number of rotatable bonds is 6. The van der Waals surface area contributed by atoms with E-state index >= 15 is 4.39 Å². The number of hydrogen-bond acceptors (Lipinski definition) is 9. The normalized spacial score (nSPS) is 24.4. The summed E-state index contributed by atoms with van der Waals surface area (Å²) in [6.07, 6.45) is 3.35. The highest BCUT2D eigenvalue weighted by atomic mass is 19.4. The number of fused-ring (bicyclic) bond motifs is 5. The molecule has 1 amide bonds. The van der Waals surface area contributed by atoms with Crippen molar-refractivity contribution in [2.75, 3.05) is 37.7 Å². The van der Waals surface area contributed by atoms with Crippen LogP contribution in [-0.2, 0) is 4.79 Å². The monoisotopic (exact) mass is 723 g/mol. The van der Waals surface area contributed by atoms with E-state index in [0.29, 0.717) is 31.2 Å². The lowest BCUT2D eigenvalue weighted by molar-refractivity contribution is -0.131. The van der Waals surface area contributed by atoms with Gasteiger partial charge >= 0.3 is 12.2 Å². The highest BCUT2D eigenvalue weighted by Gasteiger charge is 2.51. The smallest absolute Gasteiger partial charge is 0.438 e. The third-order valence-electron chi connectivity index (χ3n) is 10.8. The van der Waals surface area contributed by atoms with Gasteiger partial charge in [0.05, 0.1) is 28.6 Å². The number of nitrogens with one attached hydrogen (secondary N) is 1. The Morgan fingerprint density at radius 2 is 1.88 bits per heavy atom. The largest absolute Gasteiger partial charge is 0.508 e. The standard InChI is InChI=1S/C36H31F6N7O3/c1-2-23-26(38)7-4-18-10-22(50)11-24(27(18)23)29-28(39)30-25(13-44-29)32(46-34(45-30)52-17-35-8-3-9-48(35)14-19(37)12-35)47-15-20-5-6-21(16-47)49(20)33(51)31(43)36(40,41)42/h1,4,7,10-11,13,19-21,43,50H,3,5-6,8-9,12,14-17H2/t19?,20-,21?,35?/m1/s1. The van der Waals surface area contributed by atoms with E-state index in [4.69, 9.17) is 16.6 Å². The van der Waals surface area contributed by atoms with E-state index in [9.17, 15) is 31.9 Å². The highest BCUT2D eigenvalue weighted by molar-refractivity contribution is 6.39. The minimum Gasteiger partial charge on any atom is -0.508 e. The molecule has 2 aromatic carbocycles. The van der Waals surface area contributed by atoms with Crippen molar-refractivity contribution < 1.29 is 41.0 Å². The quantitative estimate of drug-likeness (QED) is 0.152. The third-order valence-corrected chi connectivity index (χ3v) is 10.8. The van der Waals surface area contributed by atoms with Gasteiger partial charge in [0.1, 0.15) is 41.4 Å². The van der Waals surface area contributed by atoms with Crippen LogP contribution in [0.3, 0.4) is 0 Å². The number of hydrogen-bond donors (Lipinski definition) is 2. The van der Waals surface area contributed by atoms with Crippen LogP contribution in [0.4, 0.5) is 32.2 Å². The van der Waals surface area contributed by atoms with Gasteiger partial charge in [-0.15, -0.1) is 6.42 Å². The van der Waals surface area contributed by atoms with Gasteiger partial charge < -0.3 is 19.6 Å². The Hall–Kier alpha value is -5.17. The fourth-order valence-electron chi connectivity index (χ4n) is 8.57. The van der Waals surface area contributed by atoms with Gasteiger partial charge in [0, 0.05) is 43.2 Å². The number of ether oxygens (including phenoxy) is 1. The maximum Gasteiger partial charge on any atom is 0.438 e. The number of piperazine rings is 1. The number of anilines is 1. The molecule has 2 aromatic heterocycles. The number of terminal acetylenes is 1. The molecule has 2 N–H and O–H groups in total. The molecule has 0 spiro atoms. The highest BCUT2D eigenvalue weighted by Crippen LogP contribution is 2.43. The van der Waals surface area contributed by atoms with Crippen LogP contribution in [0.25, 0.3) is 32.9 Å². The summed E-state index contributed by atoms with van der Waals surface area (Å²) < 4.78 is 92.4. The minimum absolute atomic E-state index is 0.00203. The summed E-state index contributed by atoms with van der Waals surface area (Å²) in [4.78, 5) is 31.1. The maximum absolute atomic E-state index is 16.9. The number of halogens is 6. The van der Waals surface area contributed by atoms with Gasteiger partial charge in [-0.05, 0) is 55.8 Å². The number of pyridine rings is 1. The van der Waals surface area contributed by atoms with E-state index in [1.54, 1.807) is 4.90 Å². The number of carbonyl (C=O) groups excluding carboxylic acids is 1. The first-order chi connectivity index (χ1) is 24.8. The van der Waals surface area contributed by atoms with Crippen molar-refractivity contribution >= 4 is 39.1 Å². The summed E-state index contributed by atoms with van der Waals surface area (Å²) in [5.41, 5.74) is -3.25. The lowest BCUT2D eigenvalue weighted by atomic mass is 9.95. The summed E-state index contributed by atoms with van der Waals surface area (Å²) >= 11 is 0. The molecule has 4 atom stereocenters. The van der Waals surface area contributed by atoms with Crippen LogP contribution >= 0.6 is 0 Å². The number of phenols is 1. The van der Waals surface area contributed by atoms with Crippen LogP contribution < -0.4 is 9.64 Å². The third kappa shape index (κ3) is 5.44. The molecule has 4 aliphatic rings. The lowest BCUT2D eigenvalue weighted by Gasteiger charge is -2.42. The van der Waals surface area contributed by atoms with Crippen LogP contribution in [0.15, 0.2) is 30.5 Å². The van der Waals surface area contributed by atoms with Crippen LogP contribution in [0.2, 0.25) is 0 Å². The van der Waals surface area contributed by atoms with E-state index in [0.717, 1.165) is 17.4 Å². The molecule has 4 fully saturated rings. The number of alkyl halides is 4. The number of nitrogens with zero attached hydrogens (tertiary/aromatic N) is 6. The zero-order chi connectivity index (χ0) is 36.7. The van der Waals surface area contributed by atoms with Crippen molar-refractivity contribution in [2.24, 2.45) is 0 Å². The van der Waals surface area contributed by atoms with Crippen LogP contribution in [0, 0.1) is 29.4 Å². The summed E-state index contributed by atoms with van der Waals surface area (Å²) in [6.45, 7) is 1.03. The van der Waals surface area contributed by atoms with Crippen molar-refractivity contribution in [3.63, 3.8) is 0 Å². The molecule has 16 heteroatoms. The molecule has 6 heterocycles. The SMILES string of the molecule is C#Cc1c(F)ccc2cc(O)cc(-c3ncc4c(N5CC6CC[C@H](C5)N6C(=O)C(=N)C(F)(F)F)nc(OCC56CCCN5CC(F)C6)nc4c3F)c12. The molecule has 0 saturated carbocycles. The molecule has 8 rings (SSSR count). The molecule has 10 nitrogen and oxygen atoms in total. The minimum atomic E-state index is -5.10. The van der Waals surface area contributed by atoms with Gasteiger partial charge in [-0.25, -0.2) is 13.2 Å². The molecule has 270 valence electrons. The fourth-order valence-corrected chi connectivity index (χ4v) is 8.57. The van der Waals surface area contributed by atoms with E-state index < -0.39 is 53.2 Å². The van der Waals surface area contributed by atoms with Crippen molar-refractivity contribution in [1.82, 2.24) is 24.8 Å². The Labute approximate surface area is 292 Å². The Bertz CT molecular complexity index is 2200. The molecule has 4 saturated heterocycles. The van der Waals surface area contributed by atoms with E-state index in [1.165, 1.54) is 24.4 Å². The van der Waals surface area contributed by atoms with E-state index in [2.05, 4.69) is 20.9 Å². The molecular formula is C36H31F6N7O3. The first kappa shape index (κ1) is 33.9.